The van der Waals surface area contributed by atoms with Crippen LogP contribution in [-0.2, 0) is 13.0 Å². The number of benzene rings is 3. The lowest BCUT2D eigenvalue weighted by Crippen LogP contribution is -2.08. The Bertz CT molecular complexity index is 1090. The van der Waals surface area contributed by atoms with Gasteiger partial charge in [-0.05, 0) is 102 Å². The molecule has 0 saturated carbocycles. The van der Waals surface area contributed by atoms with Crippen LogP contribution in [0.5, 0.6) is 5.75 Å². The van der Waals surface area contributed by atoms with Gasteiger partial charge in [-0.2, -0.15) is 0 Å². The third kappa shape index (κ3) is 8.82. The van der Waals surface area contributed by atoms with Crippen LogP contribution < -0.4 is 4.74 Å². The van der Waals surface area contributed by atoms with Crippen molar-refractivity contribution in [1.82, 2.24) is 0 Å². The van der Waals surface area contributed by atoms with Crippen molar-refractivity contribution in [2.45, 2.75) is 99.5 Å². The number of ether oxygens (including phenoxy) is 1. The molecule has 0 aliphatic carbocycles. The highest BCUT2D eigenvalue weighted by Gasteiger charge is 2.11. The zero-order chi connectivity index (χ0) is 26.8. The fourth-order valence-electron chi connectivity index (χ4n) is 4.08. The van der Waals surface area contributed by atoms with Crippen LogP contribution >= 0.6 is 0 Å². The number of aryl methyl sites for hydroxylation is 4. The van der Waals surface area contributed by atoms with E-state index >= 15 is 0 Å². The molecular formula is C34H48O2. The molecule has 0 radical (unpaired) electrons. The SMILES string of the molecule is CC(C)c1ccc2c(c1)CCCO2.Cc1ccc(C(C)C)cc1C.Cc1ccc(C(C)C)cc1CO. The Balaban J connectivity index is 0.000000191. The maximum atomic E-state index is 9.02. The number of aliphatic hydroxyl groups excluding tert-OH is 1. The van der Waals surface area contributed by atoms with E-state index < -0.39 is 0 Å². The molecular weight excluding hydrogens is 440 g/mol. The fraction of sp³-hybridized carbons (Fsp3) is 0.471. The summed E-state index contributed by atoms with van der Waals surface area (Å²) in [7, 11) is 0. The molecule has 4 rings (SSSR count). The lowest BCUT2D eigenvalue weighted by atomic mass is 9.97. The summed E-state index contributed by atoms with van der Waals surface area (Å²) in [5.74, 6) is 2.90. The van der Waals surface area contributed by atoms with Crippen molar-refractivity contribution in [3.8, 4) is 5.75 Å². The van der Waals surface area contributed by atoms with E-state index in [4.69, 9.17) is 9.84 Å². The predicted octanol–water partition coefficient (Wildman–Crippen LogP) is 9.17. The van der Waals surface area contributed by atoms with Gasteiger partial charge in [-0.25, -0.2) is 0 Å². The van der Waals surface area contributed by atoms with Gasteiger partial charge in [0.05, 0.1) is 13.2 Å². The van der Waals surface area contributed by atoms with Crippen LogP contribution in [0.1, 0.15) is 110 Å². The molecule has 1 aliphatic heterocycles. The molecule has 0 fully saturated rings. The predicted molar refractivity (Wildman–Crippen MR) is 156 cm³/mol. The van der Waals surface area contributed by atoms with Crippen LogP contribution in [-0.4, -0.2) is 11.7 Å². The molecule has 0 unspecified atom stereocenters. The number of aliphatic hydroxyl groups is 1. The first-order valence-corrected chi connectivity index (χ1v) is 13.6. The summed E-state index contributed by atoms with van der Waals surface area (Å²) in [5.41, 5.74) is 10.5. The third-order valence-electron chi connectivity index (χ3n) is 7.01. The molecule has 0 saturated heterocycles. The summed E-state index contributed by atoms with van der Waals surface area (Å²) >= 11 is 0. The lowest BCUT2D eigenvalue weighted by Gasteiger charge is -2.18. The number of hydrogen-bond donors (Lipinski definition) is 1. The van der Waals surface area contributed by atoms with Crippen molar-refractivity contribution >= 4 is 0 Å². The average molecular weight is 489 g/mol. The molecule has 3 aromatic rings. The van der Waals surface area contributed by atoms with Crippen LogP contribution in [0.3, 0.4) is 0 Å². The summed E-state index contributed by atoms with van der Waals surface area (Å²) < 4.78 is 5.56. The van der Waals surface area contributed by atoms with Crippen molar-refractivity contribution in [3.63, 3.8) is 0 Å². The molecule has 0 atom stereocenters. The van der Waals surface area contributed by atoms with Gasteiger partial charge in [0.2, 0.25) is 0 Å². The standard InChI is InChI=1S/C12H16O.C11H16O.C11H16/c1-9(2)10-5-6-12-11(8-10)4-3-7-13-12;1-8(2)10-5-4-9(3)11(6-10)7-12;1-8(2)11-6-5-9(3)10(4)7-11/h5-6,8-9H,3-4,7H2,1-2H3;4-6,8,12H,7H2,1-3H3;5-8H,1-4H3. The molecule has 1 N–H and O–H groups in total. The maximum Gasteiger partial charge on any atom is 0.122 e. The zero-order valence-electron chi connectivity index (χ0n) is 24.1. The topological polar surface area (TPSA) is 29.5 Å². The van der Waals surface area contributed by atoms with E-state index in [-0.39, 0.29) is 6.61 Å². The second-order valence-electron chi connectivity index (χ2n) is 11.0. The summed E-state index contributed by atoms with van der Waals surface area (Å²) in [6, 6.07) is 19.6. The molecule has 0 amide bonds. The van der Waals surface area contributed by atoms with Gasteiger partial charge in [-0.1, -0.05) is 90.1 Å². The fourth-order valence-corrected chi connectivity index (χ4v) is 4.08. The second kappa shape index (κ2) is 14.2. The molecule has 36 heavy (non-hydrogen) atoms. The molecule has 1 aliphatic rings. The van der Waals surface area contributed by atoms with Gasteiger partial charge in [0.25, 0.3) is 0 Å². The van der Waals surface area contributed by atoms with E-state index in [0.29, 0.717) is 17.8 Å². The Kier molecular flexibility index (Phi) is 11.7. The first kappa shape index (κ1) is 29.6. The van der Waals surface area contributed by atoms with Gasteiger partial charge in [0.1, 0.15) is 5.75 Å². The van der Waals surface area contributed by atoms with E-state index in [9.17, 15) is 0 Å². The number of fused-ring (bicyclic) bond motifs is 1. The number of rotatable bonds is 4. The molecule has 3 aromatic carbocycles. The van der Waals surface area contributed by atoms with Crippen molar-refractivity contribution in [1.29, 1.82) is 0 Å². The molecule has 0 spiro atoms. The highest BCUT2D eigenvalue weighted by atomic mass is 16.5. The van der Waals surface area contributed by atoms with Crippen molar-refractivity contribution in [2.75, 3.05) is 6.61 Å². The first-order chi connectivity index (χ1) is 17.0. The van der Waals surface area contributed by atoms with Crippen LogP contribution in [0.4, 0.5) is 0 Å². The Morgan fingerprint density at radius 2 is 1.19 bits per heavy atom. The van der Waals surface area contributed by atoms with Crippen LogP contribution in [0.25, 0.3) is 0 Å². The maximum absolute atomic E-state index is 9.02. The van der Waals surface area contributed by atoms with Gasteiger partial charge < -0.3 is 9.84 Å². The highest BCUT2D eigenvalue weighted by molar-refractivity contribution is 5.39. The molecule has 196 valence electrons. The van der Waals surface area contributed by atoms with Crippen molar-refractivity contribution in [3.05, 3.63) is 99.1 Å². The van der Waals surface area contributed by atoms with Crippen LogP contribution in [0.2, 0.25) is 0 Å². The Hall–Kier alpha value is -2.58. The molecule has 2 heteroatoms. The van der Waals surface area contributed by atoms with E-state index in [1.807, 2.05) is 6.92 Å². The monoisotopic (exact) mass is 488 g/mol. The van der Waals surface area contributed by atoms with Gasteiger partial charge in [0.15, 0.2) is 0 Å². The van der Waals surface area contributed by atoms with Crippen molar-refractivity contribution in [2.24, 2.45) is 0 Å². The van der Waals surface area contributed by atoms with Crippen molar-refractivity contribution < 1.29 is 9.84 Å². The zero-order valence-corrected chi connectivity index (χ0v) is 24.1. The van der Waals surface area contributed by atoms with E-state index in [0.717, 1.165) is 24.3 Å². The summed E-state index contributed by atoms with van der Waals surface area (Å²) in [5, 5.41) is 9.02. The lowest BCUT2D eigenvalue weighted by molar-refractivity contribution is 0.281. The molecule has 1 heterocycles. The number of hydrogen-bond acceptors (Lipinski definition) is 2. The van der Waals surface area contributed by atoms with E-state index in [1.54, 1.807) is 0 Å². The molecule has 2 nitrogen and oxygen atoms in total. The Morgan fingerprint density at radius 3 is 1.75 bits per heavy atom. The van der Waals surface area contributed by atoms with E-state index in [1.165, 1.54) is 45.4 Å². The smallest absolute Gasteiger partial charge is 0.122 e. The van der Waals surface area contributed by atoms with E-state index in [2.05, 4.69) is 110 Å². The van der Waals surface area contributed by atoms with Gasteiger partial charge in [-0.15, -0.1) is 0 Å². The minimum Gasteiger partial charge on any atom is -0.493 e. The van der Waals surface area contributed by atoms with Gasteiger partial charge >= 0.3 is 0 Å². The molecule has 0 aromatic heterocycles. The minimum absolute atomic E-state index is 0.145. The third-order valence-corrected chi connectivity index (χ3v) is 7.01. The molecule has 0 bridgehead atoms. The average Bonchev–Trinajstić information content (AvgIpc) is 2.86. The quantitative estimate of drug-likeness (QED) is 0.396. The summed E-state index contributed by atoms with van der Waals surface area (Å²) in [4.78, 5) is 0. The second-order valence-corrected chi connectivity index (χ2v) is 11.0. The Labute approximate surface area is 220 Å². The van der Waals surface area contributed by atoms with Crippen LogP contribution in [0, 0.1) is 20.8 Å². The largest absolute Gasteiger partial charge is 0.493 e. The summed E-state index contributed by atoms with van der Waals surface area (Å²) in [6.07, 6.45) is 2.34. The minimum atomic E-state index is 0.145. The normalized spacial score (nSPS) is 12.4. The van der Waals surface area contributed by atoms with Crippen LogP contribution in [0.15, 0.2) is 54.6 Å². The first-order valence-electron chi connectivity index (χ1n) is 13.6. The Morgan fingerprint density at radius 1 is 0.667 bits per heavy atom. The van der Waals surface area contributed by atoms with Gasteiger partial charge in [-0.3, -0.25) is 0 Å². The van der Waals surface area contributed by atoms with Gasteiger partial charge in [0, 0.05) is 0 Å². The highest BCUT2D eigenvalue weighted by Crippen LogP contribution is 2.28. The summed E-state index contributed by atoms with van der Waals surface area (Å²) in [6.45, 7) is 20.6.